The zero-order valence-electron chi connectivity index (χ0n) is 10.5. The number of hydrogen-bond donors (Lipinski definition) is 1. The van der Waals surface area contributed by atoms with E-state index in [1.54, 1.807) is 0 Å². The third kappa shape index (κ3) is 2.81. The molecular weight excluding hydrogens is 344 g/mol. The highest BCUT2D eigenvalue weighted by molar-refractivity contribution is 9.11. The van der Waals surface area contributed by atoms with E-state index in [4.69, 9.17) is 11.6 Å². The Hall–Kier alpha value is -0.580. The van der Waals surface area contributed by atoms with Crippen molar-refractivity contribution >= 4 is 44.6 Å². The maximum atomic E-state index is 5.96. The molecule has 0 fully saturated rings. The van der Waals surface area contributed by atoms with Crippen molar-refractivity contribution in [2.24, 2.45) is 0 Å². The molecule has 5 heteroatoms. The SMILES string of the molecule is Cc1cc(NC2CCCc3sc(Br)cc32)cnc1Cl. The molecule has 100 valence electrons. The highest BCUT2D eigenvalue weighted by Gasteiger charge is 2.22. The number of anilines is 1. The number of thiophene rings is 1. The Morgan fingerprint density at radius 2 is 2.32 bits per heavy atom. The van der Waals surface area contributed by atoms with E-state index < -0.39 is 0 Å². The Balaban J connectivity index is 1.86. The van der Waals surface area contributed by atoms with Crippen LogP contribution in [0.5, 0.6) is 0 Å². The Morgan fingerprint density at radius 1 is 1.47 bits per heavy atom. The predicted molar refractivity (Wildman–Crippen MR) is 85.3 cm³/mol. The van der Waals surface area contributed by atoms with Crippen LogP contribution in [0.25, 0.3) is 0 Å². The minimum absolute atomic E-state index is 0.383. The first-order chi connectivity index (χ1) is 9.13. The fraction of sp³-hybridized carbons (Fsp3) is 0.357. The van der Waals surface area contributed by atoms with Crippen molar-refractivity contribution in [1.29, 1.82) is 0 Å². The van der Waals surface area contributed by atoms with Crippen LogP contribution in [0, 0.1) is 6.92 Å². The molecule has 1 atom stereocenters. The van der Waals surface area contributed by atoms with Gasteiger partial charge < -0.3 is 5.32 Å². The van der Waals surface area contributed by atoms with Gasteiger partial charge in [0, 0.05) is 4.88 Å². The largest absolute Gasteiger partial charge is 0.377 e. The molecule has 19 heavy (non-hydrogen) atoms. The molecule has 0 bridgehead atoms. The van der Waals surface area contributed by atoms with E-state index in [-0.39, 0.29) is 0 Å². The van der Waals surface area contributed by atoms with Crippen LogP contribution in [-0.4, -0.2) is 4.98 Å². The molecule has 2 heterocycles. The molecule has 2 nitrogen and oxygen atoms in total. The number of hydrogen-bond acceptors (Lipinski definition) is 3. The lowest BCUT2D eigenvalue weighted by Gasteiger charge is -2.24. The van der Waals surface area contributed by atoms with E-state index in [2.05, 4.69) is 38.4 Å². The third-order valence-corrected chi connectivity index (χ3v) is 5.55. The van der Waals surface area contributed by atoms with Crippen molar-refractivity contribution in [3.05, 3.63) is 43.3 Å². The second kappa shape index (κ2) is 5.43. The fourth-order valence-electron chi connectivity index (χ4n) is 2.51. The summed E-state index contributed by atoms with van der Waals surface area (Å²) in [6, 6.07) is 4.69. The molecule has 0 spiro atoms. The summed E-state index contributed by atoms with van der Waals surface area (Å²) in [7, 11) is 0. The van der Waals surface area contributed by atoms with Gasteiger partial charge in [-0.05, 0) is 65.4 Å². The number of nitrogens with zero attached hydrogens (tertiary/aromatic N) is 1. The topological polar surface area (TPSA) is 24.9 Å². The van der Waals surface area contributed by atoms with Crippen LogP contribution in [0.4, 0.5) is 5.69 Å². The Morgan fingerprint density at radius 3 is 3.11 bits per heavy atom. The van der Waals surface area contributed by atoms with Crippen molar-refractivity contribution in [3.8, 4) is 0 Å². The third-order valence-electron chi connectivity index (χ3n) is 3.44. The van der Waals surface area contributed by atoms with E-state index in [1.165, 1.54) is 27.1 Å². The van der Waals surface area contributed by atoms with Crippen molar-refractivity contribution in [2.45, 2.75) is 32.2 Å². The van der Waals surface area contributed by atoms with Gasteiger partial charge in [-0.25, -0.2) is 4.98 Å². The van der Waals surface area contributed by atoms with Crippen LogP contribution >= 0.6 is 38.9 Å². The number of fused-ring (bicyclic) bond motifs is 1. The van der Waals surface area contributed by atoms with Gasteiger partial charge in [0.25, 0.3) is 0 Å². The average molecular weight is 358 g/mol. The van der Waals surface area contributed by atoms with Gasteiger partial charge in [-0.15, -0.1) is 11.3 Å². The molecule has 1 aliphatic carbocycles. The number of aryl methyl sites for hydroxylation is 2. The number of nitrogens with one attached hydrogen (secondary N) is 1. The summed E-state index contributed by atoms with van der Waals surface area (Å²) in [4.78, 5) is 5.70. The molecule has 0 aromatic carbocycles. The highest BCUT2D eigenvalue weighted by Crippen LogP contribution is 2.39. The average Bonchev–Trinajstić information content (AvgIpc) is 2.75. The molecule has 0 amide bonds. The number of halogens is 2. The molecule has 2 aromatic heterocycles. The number of aromatic nitrogens is 1. The summed E-state index contributed by atoms with van der Waals surface area (Å²) in [5.41, 5.74) is 3.48. The molecule has 2 aromatic rings. The summed E-state index contributed by atoms with van der Waals surface area (Å²) in [6.45, 7) is 1.98. The molecule has 3 rings (SSSR count). The van der Waals surface area contributed by atoms with E-state index in [1.807, 2.05) is 24.5 Å². The van der Waals surface area contributed by atoms with Crippen molar-refractivity contribution in [1.82, 2.24) is 4.98 Å². The quantitative estimate of drug-likeness (QED) is 0.732. The zero-order valence-corrected chi connectivity index (χ0v) is 13.7. The van der Waals surface area contributed by atoms with Gasteiger partial charge in [0.05, 0.1) is 21.7 Å². The van der Waals surface area contributed by atoms with Gasteiger partial charge in [0.15, 0.2) is 0 Å². The fourth-order valence-corrected chi connectivity index (χ4v) is 4.43. The zero-order chi connectivity index (χ0) is 13.4. The van der Waals surface area contributed by atoms with E-state index in [0.29, 0.717) is 11.2 Å². The second-order valence-corrected chi connectivity index (χ2v) is 7.72. The summed E-state index contributed by atoms with van der Waals surface area (Å²) in [5.74, 6) is 0. The van der Waals surface area contributed by atoms with Gasteiger partial charge in [-0.2, -0.15) is 0 Å². The van der Waals surface area contributed by atoms with Crippen molar-refractivity contribution in [2.75, 3.05) is 5.32 Å². The van der Waals surface area contributed by atoms with Crippen LogP contribution in [-0.2, 0) is 6.42 Å². The Labute approximate surface area is 130 Å². The van der Waals surface area contributed by atoms with Crippen molar-refractivity contribution < 1.29 is 0 Å². The molecule has 0 radical (unpaired) electrons. The van der Waals surface area contributed by atoms with Gasteiger partial charge in [-0.1, -0.05) is 11.6 Å². The normalized spacial score (nSPS) is 18.2. The van der Waals surface area contributed by atoms with Gasteiger partial charge in [0.1, 0.15) is 5.15 Å². The van der Waals surface area contributed by atoms with Crippen LogP contribution in [0.3, 0.4) is 0 Å². The molecule has 1 unspecified atom stereocenters. The first kappa shape index (κ1) is 13.4. The summed E-state index contributed by atoms with van der Waals surface area (Å²) >= 11 is 11.4. The van der Waals surface area contributed by atoms with Crippen LogP contribution in [0.1, 0.15) is 34.9 Å². The first-order valence-electron chi connectivity index (χ1n) is 6.30. The maximum Gasteiger partial charge on any atom is 0.132 e. The van der Waals surface area contributed by atoms with Crippen LogP contribution in [0.2, 0.25) is 5.15 Å². The Kier molecular flexibility index (Phi) is 3.83. The van der Waals surface area contributed by atoms with Crippen LogP contribution < -0.4 is 5.32 Å². The molecule has 0 saturated heterocycles. The first-order valence-corrected chi connectivity index (χ1v) is 8.29. The van der Waals surface area contributed by atoms with Gasteiger partial charge >= 0.3 is 0 Å². The summed E-state index contributed by atoms with van der Waals surface area (Å²) < 4.78 is 1.22. The second-order valence-electron chi connectivity index (χ2n) is 4.85. The standard InChI is InChI=1S/C14H14BrClN2S/c1-8-5-9(7-17-14(8)16)18-11-3-2-4-12-10(11)6-13(15)19-12/h5-7,11,18H,2-4H2,1H3. The lowest BCUT2D eigenvalue weighted by molar-refractivity contribution is 0.608. The van der Waals surface area contributed by atoms with E-state index in [0.717, 1.165) is 17.7 Å². The predicted octanol–water partition coefficient (Wildman–Crippen LogP) is 5.36. The van der Waals surface area contributed by atoms with Gasteiger partial charge in [-0.3, -0.25) is 0 Å². The van der Waals surface area contributed by atoms with E-state index in [9.17, 15) is 0 Å². The van der Waals surface area contributed by atoms with Crippen LogP contribution in [0.15, 0.2) is 22.1 Å². The lowest BCUT2D eigenvalue weighted by atomic mass is 9.94. The molecule has 0 aliphatic heterocycles. The Bertz CT molecular complexity index is 611. The smallest absolute Gasteiger partial charge is 0.132 e. The molecular formula is C14H14BrClN2S. The minimum Gasteiger partial charge on any atom is -0.377 e. The summed E-state index contributed by atoms with van der Waals surface area (Å²) in [6.07, 6.45) is 5.40. The monoisotopic (exact) mass is 356 g/mol. The molecule has 0 saturated carbocycles. The molecule has 1 aliphatic rings. The molecule has 1 N–H and O–H groups in total. The van der Waals surface area contributed by atoms with E-state index >= 15 is 0 Å². The summed E-state index contributed by atoms with van der Waals surface area (Å²) in [5, 5.41) is 4.16. The number of pyridine rings is 1. The minimum atomic E-state index is 0.383. The highest BCUT2D eigenvalue weighted by atomic mass is 79.9. The maximum absolute atomic E-state index is 5.96. The lowest BCUT2D eigenvalue weighted by Crippen LogP contribution is -2.15. The van der Waals surface area contributed by atoms with Crippen molar-refractivity contribution in [3.63, 3.8) is 0 Å². The number of rotatable bonds is 2. The van der Waals surface area contributed by atoms with Gasteiger partial charge in [0.2, 0.25) is 0 Å².